The van der Waals surface area contributed by atoms with Crippen LogP contribution in [0, 0.1) is 12.8 Å². The number of hydrogen-bond donors (Lipinski definition) is 2. The first-order chi connectivity index (χ1) is 10.3. The van der Waals surface area contributed by atoms with Gasteiger partial charge in [-0.05, 0) is 25.0 Å². The largest absolute Gasteiger partial charge is 0.373 e. The molecule has 3 heterocycles. The Kier molecular flexibility index (Phi) is 3.96. The van der Waals surface area contributed by atoms with E-state index in [0.29, 0.717) is 18.7 Å². The maximum Gasteiger partial charge on any atom is 0.253 e. The van der Waals surface area contributed by atoms with E-state index in [4.69, 9.17) is 4.74 Å². The highest BCUT2D eigenvalue weighted by Crippen LogP contribution is 2.33. The number of aromatic amines is 1. The first-order valence-corrected chi connectivity index (χ1v) is 7.05. The molecule has 1 aliphatic heterocycles. The molecule has 6 heteroatoms. The van der Waals surface area contributed by atoms with Gasteiger partial charge in [0.15, 0.2) is 0 Å². The predicted octanol–water partition coefficient (Wildman–Crippen LogP) is 1.62. The summed E-state index contributed by atoms with van der Waals surface area (Å²) in [6, 6.07) is 1.84. The third kappa shape index (κ3) is 2.95. The quantitative estimate of drug-likeness (QED) is 0.895. The molecule has 2 atom stereocenters. The lowest BCUT2D eigenvalue weighted by atomic mass is 9.97. The number of nitrogens with zero attached hydrogens (tertiary/aromatic N) is 2. The third-order valence-electron chi connectivity index (χ3n) is 3.87. The van der Waals surface area contributed by atoms with E-state index in [1.165, 1.54) is 0 Å². The Morgan fingerprint density at radius 3 is 3.19 bits per heavy atom. The van der Waals surface area contributed by atoms with Gasteiger partial charge in [0.25, 0.3) is 5.91 Å². The molecule has 1 fully saturated rings. The minimum atomic E-state index is -0.0848. The highest BCUT2D eigenvalue weighted by atomic mass is 16.5. The summed E-state index contributed by atoms with van der Waals surface area (Å²) in [5.41, 5.74) is 2.58. The molecule has 0 bridgehead atoms. The lowest BCUT2D eigenvalue weighted by Crippen LogP contribution is -2.31. The van der Waals surface area contributed by atoms with Crippen molar-refractivity contribution in [1.29, 1.82) is 0 Å². The van der Waals surface area contributed by atoms with Gasteiger partial charge in [-0.2, -0.15) is 5.10 Å². The van der Waals surface area contributed by atoms with E-state index < -0.39 is 0 Å². The zero-order valence-electron chi connectivity index (χ0n) is 11.9. The number of H-pyrrole nitrogens is 1. The number of hydrogen-bond acceptors (Lipinski definition) is 4. The molecule has 6 nitrogen and oxygen atoms in total. The summed E-state index contributed by atoms with van der Waals surface area (Å²) in [6.07, 6.45) is 7.84. The normalized spacial score (nSPS) is 21.4. The number of aryl methyl sites for hydroxylation is 1. The van der Waals surface area contributed by atoms with Crippen LogP contribution in [0.1, 0.15) is 34.0 Å². The molecule has 1 saturated heterocycles. The van der Waals surface area contributed by atoms with Crippen molar-refractivity contribution in [2.75, 3.05) is 13.2 Å². The van der Waals surface area contributed by atoms with E-state index in [2.05, 4.69) is 20.5 Å². The number of amides is 1. The number of nitrogens with one attached hydrogen (secondary N) is 2. The Balaban J connectivity index is 1.62. The zero-order valence-corrected chi connectivity index (χ0v) is 11.9. The van der Waals surface area contributed by atoms with Crippen molar-refractivity contribution in [3.63, 3.8) is 0 Å². The van der Waals surface area contributed by atoms with Gasteiger partial charge in [0.2, 0.25) is 0 Å². The molecular weight excluding hydrogens is 268 g/mol. The van der Waals surface area contributed by atoms with Gasteiger partial charge in [-0.1, -0.05) is 0 Å². The fraction of sp³-hybridized carbons (Fsp3) is 0.400. The summed E-state index contributed by atoms with van der Waals surface area (Å²) in [5, 5.41) is 9.74. The van der Waals surface area contributed by atoms with Gasteiger partial charge in [0.05, 0.1) is 17.9 Å². The lowest BCUT2D eigenvalue weighted by molar-refractivity contribution is 0.0846. The Hall–Kier alpha value is -2.21. The number of ether oxygens (including phenoxy) is 1. The highest BCUT2D eigenvalue weighted by Gasteiger charge is 2.30. The second-order valence-corrected chi connectivity index (χ2v) is 5.27. The summed E-state index contributed by atoms with van der Waals surface area (Å²) < 4.78 is 5.75. The first kappa shape index (κ1) is 13.8. The molecule has 1 amide bonds. The number of rotatable bonds is 4. The third-order valence-corrected chi connectivity index (χ3v) is 3.87. The second kappa shape index (κ2) is 6.05. The minimum absolute atomic E-state index is 0.000884. The Bertz CT molecular complexity index is 612. The molecule has 1 aliphatic rings. The summed E-state index contributed by atoms with van der Waals surface area (Å²) in [5.74, 6) is 0.182. The fourth-order valence-electron chi connectivity index (χ4n) is 2.65. The molecule has 2 aromatic rings. The van der Waals surface area contributed by atoms with Gasteiger partial charge < -0.3 is 10.1 Å². The average Bonchev–Trinajstić information content (AvgIpc) is 3.16. The van der Waals surface area contributed by atoms with Crippen LogP contribution in [0.15, 0.2) is 30.9 Å². The van der Waals surface area contributed by atoms with Crippen molar-refractivity contribution >= 4 is 5.91 Å². The molecule has 21 heavy (non-hydrogen) atoms. The van der Waals surface area contributed by atoms with Crippen LogP contribution in [0.3, 0.4) is 0 Å². The maximum atomic E-state index is 12.2. The van der Waals surface area contributed by atoms with Gasteiger partial charge in [-0.25, -0.2) is 0 Å². The standard InChI is InChI=1S/C15H18N4O2/c1-10-2-4-16-9-13(10)15(20)17-6-11-3-5-21-14(11)12-7-18-19-8-12/h2,4,7-9,11,14H,3,5-6H2,1H3,(H,17,20)(H,18,19)/t11-,14+/m1/s1. The van der Waals surface area contributed by atoms with Crippen LogP contribution in [0.4, 0.5) is 0 Å². The molecule has 2 N–H and O–H groups in total. The van der Waals surface area contributed by atoms with E-state index in [1.54, 1.807) is 18.6 Å². The van der Waals surface area contributed by atoms with Crippen LogP contribution >= 0.6 is 0 Å². The second-order valence-electron chi connectivity index (χ2n) is 5.27. The number of pyridine rings is 1. The Labute approximate surface area is 122 Å². The van der Waals surface area contributed by atoms with Crippen LogP contribution < -0.4 is 5.32 Å². The van der Waals surface area contributed by atoms with Crippen molar-refractivity contribution in [3.05, 3.63) is 47.5 Å². The van der Waals surface area contributed by atoms with Crippen LogP contribution in [0.25, 0.3) is 0 Å². The molecule has 0 radical (unpaired) electrons. The van der Waals surface area contributed by atoms with Crippen LogP contribution in [0.2, 0.25) is 0 Å². The summed E-state index contributed by atoms with van der Waals surface area (Å²) >= 11 is 0. The van der Waals surface area contributed by atoms with Crippen molar-refractivity contribution in [2.24, 2.45) is 5.92 Å². The van der Waals surface area contributed by atoms with Crippen molar-refractivity contribution in [2.45, 2.75) is 19.4 Å². The van der Waals surface area contributed by atoms with Crippen LogP contribution in [-0.2, 0) is 4.74 Å². The minimum Gasteiger partial charge on any atom is -0.373 e. The fourth-order valence-corrected chi connectivity index (χ4v) is 2.65. The lowest BCUT2D eigenvalue weighted by Gasteiger charge is -2.18. The molecule has 0 unspecified atom stereocenters. The van der Waals surface area contributed by atoms with Crippen molar-refractivity contribution < 1.29 is 9.53 Å². The highest BCUT2D eigenvalue weighted by molar-refractivity contribution is 5.95. The molecule has 110 valence electrons. The van der Waals surface area contributed by atoms with Crippen molar-refractivity contribution in [3.8, 4) is 0 Å². The monoisotopic (exact) mass is 286 g/mol. The van der Waals surface area contributed by atoms with Gasteiger partial charge in [-0.15, -0.1) is 0 Å². The molecule has 2 aromatic heterocycles. The van der Waals surface area contributed by atoms with E-state index in [0.717, 1.165) is 17.5 Å². The zero-order chi connectivity index (χ0) is 14.7. The molecular formula is C15H18N4O2. The number of carbonyl (C=O) groups excluding carboxylic acids is 1. The predicted molar refractivity (Wildman–Crippen MR) is 76.7 cm³/mol. The summed E-state index contributed by atoms with van der Waals surface area (Å²) in [7, 11) is 0. The van der Waals surface area contributed by atoms with E-state index in [1.807, 2.05) is 19.2 Å². The van der Waals surface area contributed by atoms with Gasteiger partial charge in [-0.3, -0.25) is 14.9 Å². The van der Waals surface area contributed by atoms with Crippen LogP contribution in [-0.4, -0.2) is 34.2 Å². The first-order valence-electron chi connectivity index (χ1n) is 7.05. The van der Waals surface area contributed by atoms with E-state index in [-0.39, 0.29) is 17.9 Å². The Morgan fingerprint density at radius 2 is 2.43 bits per heavy atom. The number of aromatic nitrogens is 3. The maximum absolute atomic E-state index is 12.2. The molecule has 0 saturated carbocycles. The number of carbonyl (C=O) groups is 1. The average molecular weight is 286 g/mol. The molecule has 0 aromatic carbocycles. The Morgan fingerprint density at radius 1 is 1.52 bits per heavy atom. The van der Waals surface area contributed by atoms with E-state index >= 15 is 0 Å². The molecule has 0 aliphatic carbocycles. The smallest absolute Gasteiger partial charge is 0.253 e. The topological polar surface area (TPSA) is 79.9 Å². The van der Waals surface area contributed by atoms with Gasteiger partial charge in [0, 0.05) is 43.2 Å². The molecule has 3 rings (SSSR count). The van der Waals surface area contributed by atoms with E-state index in [9.17, 15) is 4.79 Å². The van der Waals surface area contributed by atoms with Crippen LogP contribution in [0.5, 0.6) is 0 Å². The summed E-state index contributed by atoms with van der Waals surface area (Å²) in [6.45, 7) is 3.20. The van der Waals surface area contributed by atoms with Crippen molar-refractivity contribution in [1.82, 2.24) is 20.5 Å². The SMILES string of the molecule is Cc1ccncc1C(=O)NC[C@H]1CCO[C@@H]1c1cn[nH]c1. The molecule has 0 spiro atoms. The summed E-state index contributed by atoms with van der Waals surface area (Å²) in [4.78, 5) is 16.2. The van der Waals surface area contributed by atoms with Gasteiger partial charge >= 0.3 is 0 Å². The van der Waals surface area contributed by atoms with Gasteiger partial charge in [0.1, 0.15) is 0 Å².